The van der Waals surface area contributed by atoms with Crippen molar-refractivity contribution in [1.29, 1.82) is 0 Å². The van der Waals surface area contributed by atoms with E-state index < -0.39 is 6.23 Å². The molecule has 1 aromatic heterocycles. The van der Waals surface area contributed by atoms with Crippen LogP contribution < -0.4 is 10.2 Å². The van der Waals surface area contributed by atoms with Gasteiger partial charge in [-0.15, -0.1) is 0 Å². The zero-order chi connectivity index (χ0) is 21.7. The molecule has 162 valence electrons. The van der Waals surface area contributed by atoms with Crippen LogP contribution in [0, 0.1) is 11.8 Å². The molecule has 1 aliphatic carbocycles. The molecule has 3 rings (SSSR count). The van der Waals surface area contributed by atoms with E-state index in [2.05, 4.69) is 29.1 Å². The monoisotopic (exact) mass is 450 g/mol. The van der Waals surface area contributed by atoms with E-state index in [9.17, 15) is 9.90 Å². The Morgan fingerprint density at radius 2 is 1.97 bits per heavy atom. The molecule has 1 saturated carbocycles. The molecule has 30 heavy (non-hydrogen) atoms. The molecule has 1 atom stereocenters. The van der Waals surface area contributed by atoms with E-state index >= 15 is 0 Å². The first kappa shape index (κ1) is 22.8. The number of carbonyl (C=O) groups is 1. The van der Waals surface area contributed by atoms with Crippen LogP contribution in [0.25, 0.3) is 0 Å². The van der Waals surface area contributed by atoms with Crippen molar-refractivity contribution in [2.24, 2.45) is 11.8 Å². The van der Waals surface area contributed by atoms with Crippen LogP contribution in [0.1, 0.15) is 56.3 Å². The topological polar surface area (TPSA) is 78.4 Å². The van der Waals surface area contributed by atoms with Gasteiger partial charge in [0.05, 0.1) is 10.6 Å². The fourth-order valence-electron chi connectivity index (χ4n) is 3.81. The number of nitrogens with one attached hydrogen (secondary N) is 1. The Morgan fingerprint density at radius 1 is 1.23 bits per heavy atom. The van der Waals surface area contributed by atoms with Gasteiger partial charge in [0.2, 0.25) is 5.28 Å². The predicted octanol–water partition coefficient (Wildman–Crippen LogP) is 5.21. The number of halogens is 2. The lowest BCUT2D eigenvalue weighted by molar-refractivity contribution is 0.0463. The molecule has 6 nitrogen and oxygen atoms in total. The summed E-state index contributed by atoms with van der Waals surface area (Å²) in [7, 11) is 0. The van der Waals surface area contributed by atoms with Crippen molar-refractivity contribution < 1.29 is 9.90 Å². The molecule has 1 fully saturated rings. The molecule has 8 heteroatoms. The summed E-state index contributed by atoms with van der Waals surface area (Å²) in [5, 5.41) is 13.7. The molecule has 0 radical (unpaired) electrons. The van der Waals surface area contributed by atoms with Crippen LogP contribution in [-0.2, 0) is 0 Å². The molecule has 0 spiro atoms. The maximum atomic E-state index is 12.9. The highest BCUT2D eigenvalue weighted by atomic mass is 35.5. The van der Waals surface area contributed by atoms with Crippen LogP contribution in [-0.4, -0.2) is 33.8 Å². The van der Waals surface area contributed by atoms with E-state index in [-0.39, 0.29) is 17.1 Å². The third-order valence-corrected chi connectivity index (χ3v) is 5.83. The summed E-state index contributed by atoms with van der Waals surface area (Å²) in [5.74, 6) is 0.676. The maximum Gasteiger partial charge on any atom is 0.254 e. The molecular formula is C22H28Cl2N4O2. The molecule has 0 saturated heterocycles. The minimum Gasteiger partial charge on any atom is -0.373 e. The first-order valence-electron chi connectivity index (χ1n) is 10.4. The average Bonchev–Trinajstić information content (AvgIpc) is 2.73. The Hall–Kier alpha value is -1.89. The fourth-order valence-corrected chi connectivity index (χ4v) is 4.15. The van der Waals surface area contributed by atoms with E-state index in [0.717, 1.165) is 31.4 Å². The SMILES string of the molecule is CC(C)CN(c1ccc(Cl)c(C(=O)NC(O)C2CCCCC2)c1)c1ccnc(Cl)n1. The summed E-state index contributed by atoms with van der Waals surface area (Å²) in [4.78, 5) is 23.1. The van der Waals surface area contributed by atoms with Crippen LogP contribution in [0.15, 0.2) is 30.5 Å². The number of aliphatic hydroxyl groups is 1. The minimum absolute atomic E-state index is 0.0882. The highest BCUT2D eigenvalue weighted by molar-refractivity contribution is 6.34. The molecule has 1 unspecified atom stereocenters. The van der Waals surface area contributed by atoms with Crippen molar-refractivity contribution in [1.82, 2.24) is 15.3 Å². The summed E-state index contributed by atoms with van der Waals surface area (Å²) >= 11 is 12.3. The standard InChI is InChI=1S/C22H28Cl2N4O2/c1-14(2)13-28(19-10-11-25-22(24)26-19)16-8-9-18(23)17(12-16)21(30)27-20(29)15-6-4-3-5-7-15/h8-12,14-15,20,29H,3-7,13H2,1-2H3,(H,27,30). The summed E-state index contributed by atoms with van der Waals surface area (Å²) in [6.07, 6.45) is 5.92. The number of aliphatic hydroxyl groups excluding tert-OH is 1. The van der Waals surface area contributed by atoms with Crippen LogP contribution in [0.2, 0.25) is 10.3 Å². The normalized spacial score (nSPS) is 15.8. The first-order chi connectivity index (χ1) is 14.3. The van der Waals surface area contributed by atoms with E-state index in [0.29, 0.717) is 28.9 Å². The lowest BCUT2D eigenvalue weighted by Crippen LogP contribution is -2.41. The van der Waals surface area contributed by atoms with Crippen molar-refractivity contribution >= 4 is 40.6 Å². The quantitative estimate of drug-likeness (QED) is 0.447. The van der Waals surface area contributed by atoms with Crippen molar-refractivity contribution in [3.05, 3.63) is 46.3 Å². The lowest BCUT2D eigenvalue weighted by atomic mass is 9.88. The summed E-state index contributed by atoms with van der Waals surface area (Å²) in [6, 6.07) is 7.03. The van der Waals surface area contributed by atoms with Gasteiger partial charge in [0.1, 0.15) is 12.0 Å². The second-order valence-corrected chi connectivity index (χ2v) is 8.91. The highest BCUT2D eigenvalue weighted by Gasteiger charge is 2.25. The number of nitrogens with zero attached hydrogens (tertiary/aromatic N) is 3. The number of rotatable bonds is 7. The fraction of sp³-hybridized carbons (Fsp3) is 0.500. The van der Waals surface area contributed by atoms with Crippen LogP contribution in [0.4, 0.5) is 11.5 Å². The smallest absolute Gasteiger partial charge is 0.254 e. The number of benzene rings is 1. The molecule has 1 heterocycles. The van der Waals surface area contributed by atoms with E-state index in [1.807, 2.05) is 11.0 Å². The predicted molar refractivity (Wildman–Crippen MR) is 120 cm³/mol. The van der Waals surface area contributed by atoms with Gasteiger partial charge in [-0.05, 0) is 54.6 Å². The van der Waals surface area contributed by atoms with Crippen LogP contribution >= 0.6 is 23.2 Å². The summed E-state index contributed by atoms with van der Waals surface area (Å²) in [5.41, 5.74) is 1.08. The first-order valence-corrected chi connectivity index (χ1v) is 11.2. The molecule has 1 aromatic carbocycles. The second kappa shape index (κ2) is 10.4. The number of carbonyl (C=O) groups excluding carboxylic acids is 1. The largest absolute Gasteiger partial charge is 0.373 e. The van der Waals surface area contributed by atoms with Gasteiger partial charge in [0, 0.05) is 24.3 Å². The lowest BCUT2D eigenvalue weighted by Gasteiger charge is -2.28. The number of hydrogen-bond donors (Lipinski definition) is 2. The molecule has 0 bridgehead atoms. The zero-order valence-corrected chi connectivity index (χ0v) is 18.8. The third-order valence-electron chi connectivity index (χ3n) is 5.32. The average molecular weight is 451 g/mol. The van der Waals surface area contributed by atoms with Gasteiger partial charge in [-0.2, -0.15) is 0 Å². The van der Waals surface area contributed by atoms with E-state index in [4.69, 9.17) is 23.2 Å². The molecule has 2 aromatic rings. The Labute approximate surface area is 187 Å². The molecule has 1 amide bonds. The van der Waals surface area contributed by atoms with Gasteiger partial charge in [0.25, 0.3) is 5.91 Å². The maximum absolute atomic E-state index is 12.9. The second-order valence-electron chi connectivity index (χ2n) is 8.17. The van der Waals surface area contributed by atoms with Crippen molar-refractivity contribution in [2.75, 3.05) is 11.4 Å². The molecule has 0 aliphatic heterocycles. The molecule has 2 N–H and O–H groups in total. The van der Waals surface area contributed by atoms with Gasteiger partial charge < -0.3 is 15.3 Å². The van der Waals surface area contributed by atoms with E-state index in [1.54, 1.807) is 24.4 Å². The molecular weight excluding hydrogens is 423 g/mol. The number of hydrogen-bond acceptors (Lipinski definition) is 5. The summed E-state index contributed by atoms with van der Waals surface area (Å²) in [6.45, 7) is 4.86. The Balaban J connectivity index is 1.85. The Kier molecular flexibility index (Phi) is 7.92. The third kappa shape index (κ3) is 5.84. The Morgan fingerprint density at radius 3 is 2.63 bits per heavy atom. The molecule has 1 aliphatic rings. The number of amides is 1. The number of aromatic nitrogens is 2. The van der Waals surface area contributed by atoms with E-state index in [1.165, 1.54) is 6.42 Å². The van der Waals surface area contributed by atoms with Gasteiger partial charge in [-0.1, -0.05) is 44.7 Å². The van der Waals surface area contributed by atoms with Gasteiger partial charge in [-0.3, -0.25) is 4.79 Å². The van der Waals surface area contributed by atoms with Gasteiger partial charge in [-0.25, -0.2) is 9.97 Å². The zero-order valence-electron chi connectivity index (χ0n) is 17.3. The van der Waals surface area contributed by atoms with Crippen LogP contribution in [0.3, 0.4) is 0 Å². The van der Waals surface area contributed by atoms with Gasteiger partial charge in [0.15, 0.2) is 0 Å². The van der Waals surface area contributed by atoms with Crippen molar-refractivity contribution in [3.63, 3.8) is 0 Å². The highest BCUT2D eigenvalue weighted by Crippen LogP contribution is 2.30. The summed E-state index contributed by atoms with van der Waals surface area (Å²) < 4.78 is 0. The van der Waals surface area contributed by atoms with Crippen LogP contribution in [0.5, 0.6) is 0 Å². The van der Waals surface area contributed by atoms with Crippen molar-refractivity contribution in [2.45, 2.75) is 52.2 Å². The number of anilines is 2. The Bertz CT molecular complexity index is 872. The van der Waals surface area contributed by atoms with Gasteiger partial charge >= 0.3 is 0 Å². The van der Waals surface area contributed by atoms with Crippen molar-refractivity contribution in [3.8, 4) is 0 Å². The minimum atomic E-state index is -0.870.